The molecule has 0 spiro atoms. The maximum absolute atomic E-state index is 6.09. The average molecular weight is 254 g/mol. The third-order valence-corrected chi connectivity index (χ3v) is 3.75. The van der Waals surface area contributed by atoms with Crippen LogP contribution in [0.25, 0.3) is 11.1 Å². The first-order valence-corrected chi connectivity index (χ1v) is 6.13. The van der Waals surface area contributed by atoms with Crippen LogP contribution in [-0.2, 0) is 6.54 Å². The van der Waals surface area contributed by atoms with Gasteiger partial charge in [-0.3, -0.25) is 0 Å². The van der Waals surface area contributed by atoms with Crippen molar-refractivity contribution in [2.24, 2.45) is 5.73 Å². The standard InChI is InChI=1S/C12H12ClNOS/c1-15-11-5-3-2-4-8(11)10-7-16-12(13)9(10)6-14/h2-5,7H,6,14H2,1H3. The highest BCUT2D eigenvalue weighted by molar-refractivity contribution is 7.15. The van der Waals surface area contributed by atoms with E-state index in [-0.39, 0.29) is 0 Å². The number of halogens is 1. The molecule has 2 aromatic rings. The largest absolute Gasteiger partial charge is 0.496 e. The number of rotatable bonds is 3. The van der Waals surface area contributed by atoms with Gasteiger partial charge in [0.15, 0.2) is 0 Å². The normalized spacial score (nSPS) is 10.4. The molecule has 0 atom stereocenters. The van der Waals surface area contributed by atoms with Crippen LogP contribution in [-0.4, -0.2) is 7.11 Å². The summed E-state index contributed by atoms with van der Waals surface area (Å²) in [6.07, 6.45) is 0. The molecule has 2 N–H and O–H groups in total. The molecule has 0 fully saturated rings. The van der Waals surface area contributed by atoms with Crippen molar-refractivity contribution in [3.8, 4) is 16.9 Å². The lowest BCUT2D eigenvalue weighted by Crippen LogP contribution is -1.97. The smallest absolute Gasteiger partial charge is 0.126 e. The highest BCUT2D eigenvalue weighted by atomic mass is 35.5. The predicted molar refractivity (Wildman–Crippen MR) is 69.2 cm³/mol. The van der Waals surface area contributed by atoms with E-state index in [2.05, 4.69) is 0 Å². The summed E-state index contributed by atoms with van der Waals surface area (Å²) in [6, 6.07) is 7.86. The van der Waals surface area contributed by atoms with Crippen molar-refractivity contribution in [2.45, 2.75) is 6.54 Å². The average Bonchev–Trinajstić information content (AvgIpc) is 2.70. The van der Waals surface area contributed by atoms with Gasteiger partial charge in [0.25, 0.3) is 0 Å². The fourth-order valence-electron chi connectivity index (χ4n) is 1.64. The molecule has 0 aliphatic carbocycles. The lowest BCUT2D eigenvalue weighted by Gasteiger charge is -2.08. The molecule has 0 saturated carbocycles. The minimum Gasteiger partial charge on any atom is -0.496 e. The van der Waals surface area contributed by atoms with Gasteiger partial charge in [0.1, 0.15) is 5.75 Å². The minimum atomic E-state index is 0.440. The zero-order valence-electron chi connectivity index (χ0n) is 8.87. The first-order chi connectivity index (χ1) is 7.77. The van der Waals surface area contributed by atoms with Gasteiger partial charge >= 0.3 is 0 Å². The van der Waals surface area contributed by atoms with Gasteiger partial charge in [0, 0.05) is 28.6 Å². The Balaban J connectivity index is 2.58. The van der Waals surface area contributed by atoms with Crippen molar-refractivity contribution >= 4 is 22.9 Å². The molecule has 0 radical (unpaired) electrons. The van der Waals surface area contributed by atoms with E-state index in [1.54, 1.807) is 7.11 Å². The van der Waals surface area contributed by atoms with E-state index in [9.17, 15) is 0 Å². The van der Waals surface area contributed by atoms with Crippen LogP contribution in [0.4, 0.5) is 0 Å². The third-order valence-electron chi connectivity index (χ3n) is 2.44. The number of para-hydroxylation sites is 1. The zero-order chi connectivity index (χ0) is 11.5. The van der Waals surface area contributed by atoms with Crippen LogP contribution >= 0.6 is 22.9 Å². The second-order valence-electron chi connectivity index (χ2n) is 3.31. The summed E-state index contributed by atoms with van der Waals surface area (Å²) in [4.78, 5) is 0. The molecular formula is C12H12ClNOS. The Kier molecular flexibility index (Phi) is 3.49. The molecule has 4 heteroatoms. The van der Waals surface area contributed by atoms with Crippen LogP contribution in [0, 0.1) is 0 Å². The minimum absolute atomic E-state index is 0.440. The molecule has 0 unspecified atom stereocenters. The zero-order valence-corrected chi connectivity index (χ0v) is 10.4. The summed E-state index contributed by atoms with van der Waals surface area (Å²) in [5.74, 6) is 0.840. The maximum atomic E-state index is 6.09. The number of methoxy groups -OCH3 is 1. The predicted octanol–water partition coefficient (Wildman–Crippen LogP) is 3.54. The van der Waals surface area contributed by atoms with Gasteiger partial charge in [-0.1, -0.05) is 29.8 Å². The number of hydrogen-bond acceptors (Lipinski definition) is 3. The number of hydrogen-bond donors (Lipinski definition) is 1. The van der Waals surface area contributed by atoms with E-state index in [1.807, 2.05) is 29.6 Å². The first-order valence-electron chi connectivity index (χ1n) is 4.87. The quantitative estimate of drug-likeness (QED) is 0.908. The van der Waals surface area contributed by atoms with Crippen molar-refractivity contribution in [1.82, 2.24) is 0 Å². The first kappa shape index (κ1) is 11.5. The fraction of sp³-hybridized carbons (Fsp3) is 0.167. The Morgan fingerprint density at radius 1 is 1.31 bits per heavy atom. The molecule has 1 heterocycles. The van der Waals surface area contributed by atoms with Gasteiger partial charge in [0.05, 0.1) is 11.4 Å². The van der Waals surface area contributed by atoms with E-state index >= 15 is 0 Å². The summed E-state index contributed by atoms with van der Waals surface area (Å²) in [6.45, 7) is 0.440. The summed E-state index contributed by atoms with van der Waals surface area (Å²) in [5.41, 5.74) is 8.79. The van der Waals surface area contributed by atoms with Crippen LogP contribution in [0.1, 0.15) is 5.56 Å². The molecule has 16 heavy (non-hydrogen) atoms. The van der Waals surface area contributed by atoms with E-state index in [0.29, 0.717) is 6.54 Å². The molecular weight excluding hydrogens is 242 g/mol. The highest BCUT2D eigenvalue weighted by Crippen LogP contribution is 2.38. The Hall–Kier alpha value is -1.03. The van der Waals surface area contributed by atoms with E-state index < -0.39 is 0 Å². The third kappa shape index (κ3) is 1.94. The maximum Gasteiger partial charge on any atom is 0.126 e. The number of nitrogens with two attached hydrogens (primary N) is 1. The van der Waals surface area contributed by atoms with Crippen LogP contribution in [0.3, 0.4) is 0 Å². The van der Waals surface area contributed by atoms with Gasteiger partial charge in [-0.25, -0.2) is 0 Å². The fourth-order valence-corrected chi connectivity index (χ4v) is 2.78. The topological polar surface area (TPSA) is 35.2 Å². The Morgan fingerprint density at radius 3 is 2.75 bits per heavy atom. The molecule has 2 rings (SSSR count). The highest BCUT2D eigenvalue weighted by Gasteiger charge is 2.13. The monoisotopic (exact) mass is 253 g/mol. The summed E-state index contributed by atoms with van der Waals surface area (Å²) in [7, 11) is 1.66. The van der Waals surface area contributed by atoms with E-state index in [4.69, 9.17) is 22.1 Å². The number of thiophene rings is 1. The molecule has 1 aromatic heterocycles. The summed E-state index contributed by atoms with van der Waals surface area (Å²) < 4.78 is 6.08. The van der Waals surface area contributed by atoms with Crippen LogP contribution in [0.15, 0.2) is 29.6 Å². The van der Waals surface area contributed by atoms with Crippen LogP contribution in [0.5, 0.6) is 5.75 Å². The Labute approximate surface area is 104 Å². The van der Waals surface area contributed by atoms with Gasteiger partial charge in [-0.2, -0.15) is 0 Å². The van der Waals surface area contributed by atoms with E-state index in [0.717, 1.165) is 26.8 Å². The molecule has 0 amide bonds. The lowest BCUT2D eigenvalue weighted by atomic mass is 10.0. The second kappa shape index (κ2) is 4.87. The second-order valence-corrected chi connectivity index (χ2v) is 4.79. The molecule has 0 saturated heterocycles. The van der Waals surface area contributed by atoms with Crippen molar-refractivity contribution in [3.05, 3.63) is 39.5 Å². The Bertz CT molecular complexity index is 496. The van der Waals surface area contributed by atoms with E-state index in [1.165, 1.54) is 11.3 Å². The number of benzene rings is 1. The van der Waals surface area contributed by atoms with Crippen molar-refractivity contribution in [3.63, 3.8) is 0 Å². The SMILES string of the molecule is COc1ccccc1-c1csc(Cl)c1CN. The Morgan fingerprint density at radius 2 is 2.06 bits per heavy atom. The van der Waals surface area contributed by atoms with Gasteiger partial charge in [-0.05, 0) is 6.07 Å². The van der Waals surface area contributed by atoms with Crippen molar-refractivity contribution in [1.29, 1.82) is 0 Å². The molecule has 0 aliphatic heterocycles. The molecule has 2 nitrogen and oxygen atoms in total. The van der Waals surface area contributed by atoms with Gasteiger partial charge < -0.3 is 10.5 Å². The van der Waals surface area contributed by atoms with Crippen molar-refractivity contribution < 1.29 is 4.74 Å². The molecule has 0 aliphatic rings. The van der Waals surface area contributed by atoms with Crippen molar-refractivity contribution in [2.75, 3.05) is 7.11 Å². The van der Waals surface area contributed by atoms with Crippen LogP contribution < -0.4 is 10.5 Å². The molecule has 0 bridgehead atoms. The lowest BCUT2D eigenvalue weighted by molar-refractivity contribution is 0.416. The molecule has 1 aromatic carbocycles. The van der Waals surface area contributed by atoms with Gasteiger partial charge in [-0.15, -0.1) is 11.3 Å². The van der Waals surface area contributed by atoms with Crippen LogP contribution in [0.2, 0.25) is 4.34 Å². The molecule has 84 valence electrons. The van der Waals surface area contributed by atoms with Gasteiger partial charge in [0.2, 0.25) is 0 Å². The summed E-state index contributed by atoms with van der Waals surface area (Å²) in [5, 5.41) is 2.02. The number of ether oxygens (including phenoxy) is 1. The summed E-state index contributed by atoms with van der Waals surface area (Å²) >= 11 is 7.59.